The van der Waals surface area contributed by atoms with Crippen LogP contribution in [-0.4, -0.2) is 26.7 Å². The van der Waals surface area contributed by atoms with Gasteiger partial charge in [0.2, 0.25) is 0 Å². The summed E-state index contributed by atoms with van der Waals surface area (Å²) < 4.78 is 15.1. The molecule has 0 unspecified atom stereocenters. The van der Waals surface area contributed by atoms with E-state index in [1.54, 1.807) is 7.11 Å². The van der Waals surface area contributed by atoms with Crippen molar-refractivity contribution in [3.05, 3.63) is 72.7 Å². The topological polar surface area (TPSA) is 54.1 Å². The SMILES string of the molecule is COc1cccc(OCc2cn(CCCn3ccc4ccccc43)nn2)c1. The molecule has 2 aromatic heterocycles. The average molecular weight is 362 g/mol. The minimum atomic E-state index is 0.384. The number of methoxy groups -OCH3 is 1. The Bertz CT molecular complexity index is 1020. The second-order valence-electron chi connectivity index (χ2n) is 6.36. The van der Waals surface area contributed by atoms with Crippen molar-refractivity contribution in [2.75, 3.05) is 7.11 Å². The maximum Gasteiger partial charge on any atom is 0.134 e. The van der Waals surface area contributed by atoms with Crippen molar-refractivity contribution in [2.45, 2.75) is 26.1 Å². The lowest BCUT2D eigenvalue weighted by atomic mass is 10.2. The zero-order chi connectivity index (χ0) is 18.5. The van der Waals surface area contributed by atoms with Gasteiger partial charge in [0.25, 0.3) is 0 Å². The van der Waals surface area contributed by atoms with Crippen LogP contribution in [0.15, 0.2) is 67.0 Å². The van der Waals surface area contributed by atoms with Gasteiger partial charge in [-0.05, 0) is 36.1 Å². The summed E-state index contributed by atoms with van der Waals surface area (Å²) in [7, 11) is 1.64. The van der Waals surface area contributed by atoms with E-state index in [0.29, 0.717) is 6.61 Å². The fourth-order valence-electron chi connectivity index (χ4n) is 3.10. The zero-order valence-corrected chi connectivity index (χ0v) is 15.3. The Morgan fingerprint density at radius 2 is 1.85 bits per heavy atom. The van der Waals surface area contributed by atoms with Crippen LogP contribution in [0.2, 0.25) is 0 Å². The van der Waals surface area contributed by atoms with E-state index >= 15 is 0 Å². The molecule has 0 atom stereocenters. The lowest BCUT2D eigenvalue weighted by Gasteiger charge is -2.06. The molecule has 0 saturated carbocycles. The maximum absolute atomic E-state index is 5.76. The highest BCUT2D eigenvalue weighted by Gasteiger charge is 2.04. The van der Waals surface area contributed by atoms with E-state index in [1.807, 2.05) is 35.1 Å². The molecule has 0 aliphatic rings. The molecule has 6 heteroatoms. The van der Waals surface area contributed by atoms with Crippen LogP contribution in [0.4, 0.5) is 0 Å². The van der Waals surface area contributed by atoms with Gasteiger partial charge in [-0.25, -0.2) is 0 Å². The average Bonchev–Trinajstić information content (AvgIpc) is 3.34. The first-order valence-electron chi connectivity index (χ1n) is 9.01. The minimum absolute atomic E-state index is 0.384. The standard InChI is InChI=1S/C21H22N4O2/c1-26-19-7-4-8-20(14-19)27-16-18-15-25(23-22-18)12-5-11-24-13-10-17-6-2-3-9-21(17)24/h2-4,6-10,13-15H,5,11-12,16H2,1H3. The molecule has 0 radical (unpaired) electrons. The molecule has 2 aromatic carbocycles. The molecular formula is C21H22N4O2. The number of ether oxygens (including phenoxy) is 2. The van der Waals surface area contributed by atoms with Crippen molar-refractivity contribution in [3.8, 4) is 11.5 Å². The molecule has 0 amide bonds. The van der Waals surface area contributed by atoms with Gasteiger partial charge in [0.15, 0.2) is 0 Å². The van der Waals surface area contributed by atoms with E-state index in [4.69, 9.17) is 9.47 Å². The molecule has 0 spiro atoms. The molecule has 4 rings (SSSR count). The highest BCUT2D eigenvalue weighted by molar-refractivity contribution is 5.79. The number of benzene rings is 2. The Morgan fingerprint density at radius 1 is 0.963 bits per heavy atom. The fraction of sp³-hybridized carbons (Fsp3) is 0.238. The largest absolute Gasteiger partial charge is 0.497 e. The first-order valence-corrected chi connectivity index (χ1v) is 9.01. The van der Waals surface area contributed by atoms with Gasteiger partial charge in [-0.2, -0.15) is 0 Å². The third-order valence-electron chi connectivity index (χ3n) is 4.48. The summed E-state index contributed by atoms with van der Waals surface area (Å²) in [6.07, 6.45) is 5.06. The van der Waals surface area contributed by atoms with Crippen molar-refractivity contribution >= 4 is 10.9 Å². The van der Waals surface area contributed by atoms with Crippen LogP contribution in [0, 0.1) is 0 Å². The van der Waals surface area contributed by atoms with Gasteiger partial charge in [-0.1, -0.05) is 29.5 Å². The van der Waals surface area contributed by atoms with E-state index in [0.717, 1.165) is 36.7 Å². The molecule has 6 nitrogen and oxygen atoms in total. The van der Waals surface area contributed by atoms with Crippen molar-refractivity contribution in [2.24, 2.45) is 0 Å². The van der Waals surface area contributed by atoms with E-state index in [-0.39, 0.29) is 0 Å². The summed E-state index contributed by atoms with van der Waals surface area (Å²) in [4.78, 5) is 0. The Hall–Kier alpha value is -3.28. The lowest BCUT2D eigenvalue weighted by Crippen LogP contribution is -2.04. The molecule has 0 N–H and O–H groups in total. The highest BCUT2D eigenvalue weighted by Crippen LogP contribution is 2.19. The van der Waals surface area contributed by atoms with Crippen LogP contribution in [-0.2, 0) is 19.7 Å². The second-order valence-corrected chi connectivity index (χ2v) is 6.36. The van der Waals surface area contributed by atoms with Crippen molar-refractivity contribution < 1.29 is 9.47 Å². The number of para-hydroxylation sites is 1. The van der Waals surface area contributed by atoms with Gasteiger partial charge < -0.3 is 14.0 Å². The molecule has 2 heterocycles. The summed E-state index contributed by atoms with van der Waals surface area (Å²) in [6.45, 7) is 2.15. The third kappa shape index (κ3) is 4.11. The summed E-state index contributed by atoms with van der Waals surface area (Å²) >= 11 is 0. The number of fused-ring (bicyclic) bond motifs is 1. The molecule has 138 valence electrons. The third-order valence-corrected chi connectivity index (χ3v) is 4.48. The van der Waals surface area contributed by atoms with Gasteiger partial charge >= 0.3 is 0 Å². The van der Waals surface area contributed by atoms with E-state index < -0.39 is 0 Å². The monoisotopic (exact) mass is 362 g/mol. The molecule has 0 saturated heterocycles. The lowest BCUT2D eigenvalue weighted by molar-refractivity contribution is 0.298. The summed E-state index contributed by atoms with van der Waals surface area (Å²) in [5.74, 6) is 1.53. The predicted octanol–water partition coefficient (Wildman–Crippen LogP) is 3.91. The number of hydrogen-bond acceptors (Lipinski definition) is 4. The highest BCUT2D eigenvalue weighted by atomic mass is 16.5. The Morgan fingerprint density at radius 3 is 2.78 bits per heavy atom. The summed E-state index contributed by atoms with van der Waals surface area (Å²) in [6, 6.07) is 18.1. The van der Waals surface area contributed by atoms with Crippen LogP contribution < -0.4 is 9.47 Å². The number of nitrogens with zero attached hydrogens (tertiary/aromatic N) is 4. The summed E-state index contributed by atoms with van der Waals surface area (Å²) in [5, 5.41) is 9.66. The summed E-state index contributed by atoms with van der Waals surface area (Å²) in [5.41, 5.74) is 2.08. The van der Waals surface area contributed by atoms with Crippen molar-refractivity contribution in [3.63, 3.8) is 0 Å². The fourth-order valence-corrected chi connectivity index (χ4v) is 3.10. The van der Waals surface area contributed by atoms with E-state index in [1.165, 1.54) is 10.9 Å². The predicted molar refractivity (Wildman–Crippen MR) is 104 cm³/mol. The number of aromatic nitrogens is 4. The van der Waals surface area contributed by atoms with Gasteiger partial charge in [-0.3, -0.25) is 4.68 Å². The van der Waals surface area contributed by atoms with Gasteiger partial charge in [0.1, 0.15) is 23.8 Å². The quantitative estimate of drug-likeness (QED) is 0.477. The molecule has 0 aliphatic heterocycles. The molecular weight excluding hydrogens is 340 g/mol. The van der Waals surface area contributed by atoms with E-state index in [2.05, 4.69) is 51.4 Å². The second kappa shape index (κ2) is 7.95. The van der Waals surface area contributed by atoms with E-state index in [9.17, 15) is 0 Å². The zero-order valence-electron chi connectivity index (χ0n) is 15.3. The molecule has 0 bridgehead atoms. The first-order chi connectivity index (χ1) is 13.3. The molecule has 0 fully saturated rings. The smallest absolute Gasteiger partial charge is 0.134 e. The minimum Gasteiger partial charge on any atom is -0.497 e. The maximum atomic E-state index is 5.76. The number of rotatable bonds is 8. The van der Waals surface area contributed by atoms with Crippen molar-refractivity contribution in [1.29, 1.82) is 0 Å². The van der Waals surface area contributed by atoms with Crippen LogP contribution in [0.5, 0.6) is 11.5 Å². The first kappa shape index (κ1) is 17.1. The molecule has 0 aliphatic carbocycles. The Kier molecular flexibility index (Phi) is 5.05. The van der Waals surface area contributed by atoms with Crippen LogP contribution >= 0.6 is 0 Å². The molecule has 27 heavy (non-hydrogen) atoms. The molecule has 4 aromatic rings. The van der Waals surface area contributed by atoms with Gasteiger partial charge in [0.05, 0.1) is 13.3 Å². The number of hydrogen-bond donors (Lipinski definition) is 0. The normalized spacial score (nSPS) is 11.0. The van der Waals surface area contributed by atoms with Crippen LogP contribution in [0.25, 0.3) is 10.9 Å². The number of aryl methyl sites for hydroxylation is 2. The van der Waals surface area contributed by atoms with Gasteiger partial charge in [-0.15, -0.1) is 5.10 Å². The Balaban J connectivity index is 1.29. The van der Waals surface area contributed by atoms with Crippen LogP contribution in [0.1, 0.15) is 12.1 Å². The van der Waals surface area contributed by atoms with Crippen LogP contribution in [0.3, 0.4) is 0 Å². The van der Waals surface area contributed by atoms with Gasteiger partial charge in [0, 0.05) is 30.9 Å². The Labute approximate surface area is 157 Å². The van der Waals surface area contributed by atoms with Crippen molar-refractivity contribution in [1.82, 2.24) is 19.6 Å².